The molecule has 0 fully saturated rings. The van der Waals surface area contributed by atoms with Gasteiger partial charge in [0.1, 0.15) is 11.9 Å². The molecule has 0 amide bonds. The van der Waals surface area contributed by atoms with Crippen molar-refractivity contribution in [2.24, 2.45) is 0 Å². The molecule has 2 rings (SSSR count). The Morgan fingerprint density at radius 2 is 2.11 bits per heavy atom. The fourth-order valence-corrected chi connectivity index (χ4v) is 2.72. The first-order chi connectivity index (χ1) is 9.21. The molecule has 4 nitrogen and oxygen atoms in total. The highest BCUT2D eigenvalue weighted by Gasteiger charge is 2.17. The maximum absolute atomic E-state index is 11.8. The van der Waals surface area contributed by atoms with E-state index in [4.69, 9.17) is 9.47 Å². The van der Waals surface area contributed by atoms with Crippen LogP contribution in [0.2, 0.25) is 0 Å². The minimum absolute atomic E-state index is 0.333. The van der Waals surface area contributed by atoms with Crippen LogP contribution in [-0.2, 0) is 14.3 Å². The van der Waals surface area contributed by atoms with Crippen molar-refractivity contribution in [2.45, 2.75) is 0 Å². The van der Waals surface area contributed by atoms with E-state index in [1.54, 1.807) is 12.1 Å². The van der Waals surface area contributed by atoms with Crippen molar-refractivity contribution in [3.63, 3.8) is 0 Å². The fourth-order valence-electron chi connectivity index (χ4n) is 1.78. The van der Waals surface area contributed by atoms with Crippen molar-refractivity contribution in [3.8, 4) is 0 Å². The summed E-state index contributed by atoms with van der Waals surface area (Å²) in [5.41, 5.74) is 1.60. The average Bonchev–Trinajstić information content (AvgIpc) is 2.86. The van der Waals surface area contributed by atoms with Crippen molar-refractivity contribution in [1.82, 2.24) is 0 Å². The number of carbonyl (C=O) groups excluding carboxylic acids is 2. The molecule has 0 atom stereocenters. The Bertz CT molecular complexity index is 655. The third-order valence-corrected chi connectivity index (χ3v) is 3.63. The van der Waals surface area contributed by atoms with Crippen molar-refractivity contribution in [3.05, 3.63) is 41.0 Å². The molecule has 1 aromatic heterocycles. The normalized spacial score (nSPS) is 11.4. The number of methoxy groups -OCH3 is 2. The summed E-state index contributed by atoms with van der Waals surface area (Å²) < 4.78 is 10.7. The Morgan fingerprint density at radius 1 is 1.32 bits per heavy atom. The zero-order chi connectivity index (χ0) is 13.8. The van der Waals surface area contributed by atoms with Gasteiger partial charge in [-0.05, 0) is 12.1 Å². The Hall–Kier alpha value is -2.14. The first-order valence-electron chi connectivity index (χ1n) is 5.49. The molecule has 2 aromatic rings. The molecule has 0 aliphatic rings. The fraction of sp³-hybridized carbons (Fsp3) is 0.143. The van der Waals surface area contributed by atoms with E-state index in [1.165, 1.54) is 31.8 Å². The van der Waals surface area contributed by atoms with Crippen LogP contribution in [0.4, 0.5) is 0 Å². The van der Waals surface area contributed by atoms with Gasteiger partial charge in [-0.15, -0.1) is 11.3 Å². The van der Waals surface area contributed by atoms with Gasteiger partial charge in [-0.2, -0.15) is 0 Å². The number of esters is 1. The van der Waals surface area contributed by atoms with Crippen LogP contribution in [0.3, 0.4) is 0 Å². The number of thiophene rings is 1. The number of ether oxygens (including phenoxy) is 2. The van der Waals surface area contributed by atoms with Gasteiger partial charge in [0.05, 0.1) is 20.5 Å². The van der Waals surface area contributed by atoms with Gasteiger partial charge in [0.25, 0.3) is 0 Å². The van der Waals surface area contributed by atoms with Crippen molar-refractivity contribution in [2.75, 3.05) is 14.2 Å². The number of aldehydes is 1. The number of fused-ring (bicyclic) bond motifs is 1. The second kappa shape index (κ2) is 5.67. The molecule has 5 heteroatoms. The van der Waals surface area contributed by atoms with E-state index in [2.05, 4.69) is 0 Å². The van der Waals surface area contributed by atoms with E-state index in [0.29, 0.717) is 16.7 Å². The van der Waals surface area contributed by atoms with Gasteiger partial charge in [0, 0.05) is 26.6 Å². The molecule has 0 N–H and O–H groups in total. The van der Waals surface area contributed by atoms with Crippen LogP contribution in [0.5, 0.6) is 0 Å². The summed E-state index contributed by atoms with van der Waals surface area (Å²) in [6, 6.07) is 5.35. The minimum atomic E-state index is -0.474. The molecule has 0 aliphatic carbocycles. The largest absolute Gasteiger partial charge is 0.503 e. The van der Waals surface area contributed by atoms with E-state index in [9.17, 15) is 9.59 Å². The third-order valence-electron chi connectivity index (χ3n) is 2.66. The highest BCUT2D eigenvalue weighted by Crippen LogP contribution is 2.32. The van der Waals surface area contributed by atoms with Crippen LogP contribution >= 0.6 is 11.3 Å². The van der Waals surface area contributed by atoms with Crippen LogP contribution in [0.1, 0.15) is 15.9 Å². The smallest absolute Gasteiger partial charge is 0.341 e. The predicted molar refractivity (Wildman–Crippen MR) is 74.2 cm³/mol. The van der Waals surface area contributed by atoms with E-state index in [0.717, 1.165) is 16.4 Å². The second-order valence-corrected chi connectivity index (χ2v) is 4.69. The molecule has 0 saturated carbocycles. The van der Waals surface area contributed by atoms with Crippen LogP contribution in [0, 0.1) is 0 Å². The topological polar surface area (TPSA) is 52.6 Å². The molecular weight excluding hydrogens is 264 g/mol. The van der Waals surface area contributed by atoms with E-state index >= 15 is 0 Å². The lowest BCUT2D eigenvalue weighted by molar-refractivity contribution is -0.133. The van der Waals surface area contributed by atoms with Crippen LogP contribution in [0.15, 0.2) is 29.8 Å². The van der Waals surface area contributed by atoms with Gasteiger partial charge in [-0.25, -0.2) is 4.79 Å². The molecule has 98 valence electrons. The summed E-state index contributed by atoms with van der Waals surface area (Å²) in [6.07, 6.45) is 2.12. The van der Waals surface area contributed by atoms with Gasteiger partial charge in [-0.3, -0.25) is 4.79 Å². The SMILES string of the molecule is COC=C(C(=O)OC)c1csc2ccc(C=O)cc12. The zero-order valence-corrected chi connectivity index (χ0v) is 11.3. The van der Waals surface area contributed by atoms with E-state index in [-0.39, 0.29) is 0 Å². The van der Waals surface area contributed by atoms with Crippen LogP contribution < -0.4 is 0 Å². The summed E-state index contributed by atoms with van der Waals surface area (Å²) in [7, 11) is 2.78. The number of hydrogen-bond donors (Lipinski definition) is 0. The van der Waals surface area contributed by atoms with Gasteiger partial charge in [0.15, 0.2) is 0 Å². The number of rotatable bonds is 4. The van der Waals surface area contributed by atoms with E-state index in [1.807, 2.05) is 11.4 Å². The molecular formula is C14H12O4S. The highest BCUT2D eigenvalue weighted by molar-refractivity contribution is 7.17. The monoisotopic (exact) mass is 276 g/mol. The molecule has 19 heavy (non-hydrogen) atoms. The lowest BCUT2D eigenvalue weighted by Crippen LogP contribution is -2.04. The summed E-state index contributed by atoms with van der Waals surface area (Å²) in [5, 5.41) is 2.68. The van der Waals surface area contributed by atoms with Crippen LogP contribution in [-0.4, -0.2) is 26.5 Å². The minimum Gasteiger partial charge on any atom is -0.503 e. The Morgan fingerprint density at radius 3 is 2.74 bits per heavy atom. The summed E-state index contributed by atoms with van der Waals surface area (Å²) >= 11 is 1.50. The molecule has 1 heterocycles. The molecule has 1 aromatic carbocycles. The molecule has 0 radical (unpaired) electrons. The van der Waals surface area contributed by atoms with Gasteiger partial charge in [-0.1, -0.05) is 6.07 Å². The standard InChI is InChI=1S/C14H12O4S/c1-17-7-11(14(16)18-2)12-8-19-13-4-3-9(6-15)5-10(12)13/h3-8H,1-2H3. The Balaban J connectivity index is 2.63. The maximum Gasteiger partial charge on any atom is 0.341 e. The maximum atomic E-state index is 11.8. The summed E-state index contributed by atoms with van der Waals surface area (Å²) in [5.74, 6) is -0.474. The number of carbonyl (C=O) groups is 2. The summed E-state index contributed by atoms with van der Waals surface area (Å²) in [4.78, 5) is 22.6. The molecule has 0 saturated heterocycles. The lowest BCUT2D eigenvalue weighted by Gasteiger charge is -2.04. The van der Waals surface area contributed by atoms with Gasteiger partial charge < -0.3 is 9.47 Å². The molecule has 0 spiro atoms. The zero-order valence-electron chi connectivity index (χ0n) is 10.5. The molecule has 0 unspecified atom stereocenters. The summed E-state index contributed by atoms with van der Waals surface area (Å²) in [6.45, 7) is 0. The lowest BCUT2D eigenvalue weighted by atomic mass is 10.0. The number of benzene rings is 1. The van der Waals surface area contributed by atoms with E-state index < -0.39 is 5.97 Å². The molecule has 0 bridgehead atoms. The van der Waals surface area contributed by atoms with Crippen LogP contribution in [0.25, 0.3) is 15.7 Å². The van der Waals surface area contributed by atoms with Crippen molar-refractivity contribution >= 4 is 39.3 Å². The van der Waals surface area contributed by atoms with Gasteiger partial charge in [0.2, 0.25) is 0 Å². The first kappa shape index (κ1) is 13.3. The molecule has 0 aliphatic heterocycles. The average molecular weight is 276 g/mol. The Kier molecular flexibility index (Phi) is 3.97. The van der Waals surface area contributed by atoms with Crippen molar-refractivity contribution in [1.29, 1.82) is 0 Å². The first-order valence-corrected chi connectivity index (χ1v) is 6.37. The predicted octanol–water partition coefficient (Wildman–Crippen LogP) is 2.87. The Labute approximate surface area is 114 Å². The van der Waals surface area contributed by atoms with Crippen molar-refractivity contribution < 1.29 is 19.1 Å². The number of hydrogen-bond acceptors (Lipinski definition) is 5. The highest BCUT2D eigenvalue weighted by atomic mass is 32.1. The second-order valence-electron chi connectivity index (χ2n) is 3.78. The quantitative estimate of drug-likeness (QED) is 0.373. The van der Waals surface area contributed by atoms with Gasteiger partial charge >= 0.3 is 5.97 Å². The third kappa shape index (κ3) is 2.51.